The molecule has 0 spiro atoms. The fourth-order valence-electron chi connectivity index (χ4n) is 2.64. The summed E-state index contributed by atoms with van der Waals surface area (Å²) in [4.78, 5) is 15.3. The molecular weight excluding hydrogens is 326 g/mol. The van der Waals surface area contributed by atoms with Gasteiger partial charge in [0.1, 0.15) is 10.8 Å². The Kier molecular flexibility index (Phi) is 3.61. The average molecular weight is 341 g/mol. The summed E-state index contributed by atoms with van der Waals surface area (Å²) in [5.74, 6) is 1.50. The van der Waals surface area contributed by atoms with Gasteiger partial charge in [0.25, 0.3) is 0 Å². The van der Waals surface area contributed by atoms with Crippen molar-refractivity contribution in [3.05, 3.63) is 53.3 Å². The van der Waals surface area contributed by atoms with Crippen molar-refractivity contribution >= 4 is 23.4 Å². The molecule has 2 heterocycles. The van der Waals surface area contributed by atoms with E-state index in [1.54, 1.807) is 18.2 Å². The van der Waals surface area contributed by atoms with Gasteiger partial charge in [0, 0.05) is 11.9 Å². The van der Waals surface area contributed by atoms with Gasteiger partial charge >= 0.3 is 5.97 Å². The molecule has 24 heavy (non-hydrogen) atoms. The third kappa shape index (κ3) is 2.39. The van der Waals surface area contributed by atoms with Gasteiger partial charge in [-0.2, -0.15) is 0 Å². The molecule has 0 saturated carbocycles. The molecule has 2 aromatic rings. The van der Waals surface area contributed by atoms with Crippen molar-refractivity contribution in [3.8, 4) is 17.2 Å². The van der Waals surface area contributed by atoms with Crippen LogP contribution in [-0.4, -0.2) is 19.6 Å². The number of ether oxygens (including phenoxy) is 3. The molecule has 122 valence electrons. The highest BCUT2D eigenvalue weighted by molar-refractivity contribution is 8.03. The number of hydrogen-bond acceptors (Lipinski definition) is 6. The number of thioether (sulfide) groups is 1. The van der Waals surface area contributed by atoms with Crippen molar-refractivity contribution in [2.24, 2.45) is 0 Å². The van der Waals surface area contributed by atoms with Crippen molar-refractivity contribution in [1.82, 2.24) is 0 Å². The Hall–Kier alpha value is -2.60. The van der Waals surface area contributed by atoms with Gasteiger partial charge in [-0.05, 0) is 37.3 Å². The van der Waals surface area contributed by atoms with E-state index in [0.717, 1.165) is 16.3 Å². The van der Waals surface area contributed by atoms with Crippen molar-refractivity contribution in [2.75, 3.05) is 18.6 Å². The third-order valence-corrected chi connectivity index (χ3v) is 4.96. The summed E-state index contributed by atoms with van der Waals surface area (Å²) in [6.45, 7) is 2.56. The molecule has 0 atom stereocenters. The molecule has 2 aliphatic heterocycles. The van der Waals surface area contributed by atoms with Crippen LogP contribution in [0.5, 0.6) is 17.2 Å². The third-order valence-electron chi connectivity index (χ3n) is 3.76. The summed E-state index contributed by atoms with van der Waals surface area (Å²) in [6, 6.07) is 13.0. The Balaban J connectivity index is 1.72. The van der Waals surface area contributed by atoms with Crippen molar-refractivity contribution < 1.29 is 19.0 Å². The quantitative estimate of drug-likeness (QED) is 0.470. The van der Waals surface area contributed by atoms with Crippen molar-refractivity contribution in [3.63, 3.8) is 0 Å². The molecule has 0 bridgehead atoms. The topological polar surface area (TPSA) is 48.0 Å². The van der Waals surface area contributed by atoms with Gasteiger partial charge in [0.2, 0.25) is 5.76 Å². The second-order valence-electron chi connectivity index (χ2n) is 5.30. The number of benzene rings is 2. The van der Waals surface area contributed by atoms with Crippen LogP contribution in [0.3, 0.4) is 0 Å². The molecule has 0 aromatic heterocycles. The predicted octanol–water partition coefficient (Wildman–Crippen LogP) is 3.79. The molecule has 0 amide bonds. The van der Waals surface area contributed by atoms with Crippen LogP contribution in [-0.2, 0) is 4.79 Å². The Bertz CT molecular complexity index is 862. The highest BCUT2D eigenvalue weighted by Gasteiger charge is 2.34. The summed E-state index contributed by atoms with van der Waals surface area (Å²) in [5.41, 5.74) is 1.00. The molecule has 4 rings (SSSR count). The van der Waals surface area contributed by atoms with Crippen LogP contribution in [0, 0.1) is 0 Å². The number of nitrogens with zero attached hydrogens (tertiary/aromatic N) is 1. The van der Waals surface area contributed by atoms with E-state index in [4.69, 9.17) is 14.2 Å². The Labute approximate surface area is 143 Å². The number of anilines is 1. The zero-order chi connectivity index (χ0) is 16.7. The summed E-state index contributed by atoms with van der Waals surface area (Å²) in [6.07, 6.45) is 0. The Morgan fingerprint density at radius 1 is 1.12 bits per heavy atom. The monoisotopic (exact) mass is 341 g/mol. The first-order valence-corrected chi connectivity index (χ1v) is 8.41. The summed E-state index contributed by atoms with van der Waals surface area (Å²) < 4.78 is 16.7. The lowest BCUT2D eigenvalue weighted by molar-refractivity contribution is -0.134. The van der Waals surface area contributed by atoms with Crippen molar-refractivity contribution in [1.29, 1.82) is 0 Å². The first kappa shape index (κ1) is 15.0. The molecule has 0 radical (unpaired) electrons. The largest absolute Gasteiger partial charge is 0.494 e. The fraction of sp³-hybridized carbons (Fsp3) is 0.167. The van der Waals surface area contributed by atoms with Crippen LogP contribution >= 0.6 is 11.8 Å². The Morgan fingerprint density at radius 2 is 1.88 bits per heavy atom. The van der Waals surface area contributed by atoms with Gasteiger partial charge in [0.05, 0.1) is 12.3 Å². The number of fused-ring (bicyclic) bond motifs is 2. The summed E-state index contributed by atoms with van der Waals surface area (Å²) >= 11 is 1.47. The maximum absolute atomic E-state index is 12.3. The van der Waals surface area contributed by atoms with Gasteiger partial charge in [-0.1, -0.05) is 23.9 Å². The molecule has 0 fully saturated rings. The second kappa shape index (κ2) is 5.79. The maximum Gasteiger partial charge on any atom is 0.382 e. The molecule has 0 aliphatic carbocycles. The van der Waals surface area contributed by atoms with Crippen LogP contribution in [0.1, 0.15) is 6.92 Å². The number of para-hydroxylation sites is 2. The number of carbonyl (C=O) groups is 1. The van der Waals surface area contributed by atoms with Gasteiger partial charge in [0.15, 0.2) is 11.5 Å². The van der Waals surface area contributed by atoms with E-state index >= 15 is 0 Å². The van der Waals surface area contributed by atoms with Gasteiger partial charge < -0.3 is 19.1 Å². The number of hydrogen-bond donors (Lipinski definition) is 0. The molecule has 2 aliphatic rings. The van der Waals surface area contributed by atoms with E-state index in [9.17, 15) is 4.79 Å². The van der Waals surface area contributed by atoms with E-state index in [0.29, 0.717) is 23.1 Å². The number of carbonyl (C=O) groups excluding carboxylic acids is 1. The van der Waals surface area contributed by atoms with Crippen molar-refractivity contribution in [2.45, 2.75) is 11.8 Å². The second-order valence-corrected chi connectivity index (χ2v) is 6.33. The molecule has 2 aromatic carbocycles. The molecule has 0 N–H and O–H groups in total. The standard InChI is InChI=1S/C18H15NO4S/c1-3-21-11-8-9-12-15(10-11)24-17(19(12)2)16-18(20)23-14-7-5-4-6-13(14)22-16/h4-10H,3H2,1-2H3. The van der Waals surface area contributed by atoms with Crippen LogP contribution in [0.25, 0.3) is 0 Å². The van der Waals surface area contributed by atoms with E-state index in [1.165, 1.54) is 11.8 Å². The minimum atomic E-state index is -0.485. The molecular formula is C18H15NO4S. The van der Waals surface area contributed by atoms with Gasteiger partial charge in [-0.3, -0.25) is 0 Å². The first-order chi connectivity index (χ1) is 11.7. The first-order valence-electron chi connectivity index (χ1n) is 7.59. The van der Waals surface area contributed by atoms with Gasteiger partial charge in [-0.25, -0.2) is 4.79 Å². The van der Waals surface area contributed by atoms with Crippen LogP contribution in [0.2, 0.25) is 0 Å². The SMILES string of the molecule is CCOc1ccc2c(c1)SC(=C1Oc3ccccc3OC1=O)N2C. The van der Waals surface area contributed by atoms with E-state index in [2.05, 4.69) is 0 Å². The lowest BCUT2D eigenvalue weighted by Gasteiger charge is -2.22. The lowest BCUT2D eigenvalue weighted by atomic mass is 10.2. The molecule has 0 saturated heterocycles. The smallest absolute Gasteiger partial charge is 0.382 e. The zero-order valence-corrected chi connectivity index (χ0v) is 14.1. The normalized spacial score (nSPS) is 18.6. The summed E-state index contributed by atoms with van der Waals surface area (Å²) in [7, 11) is 1.90. The highest BCUT2D eigenvalue weighted by Crippen LogP contribution is 2.49. The fourth-order valence-corrected chi connectivity index (χ4v) is 3.78. The summed E-state index contributed by atoms with van der Waals surface area (Å²) in [5, 5.41) is 0.707. The average Bonchev–Trinajstić information content (AvgIpc) is 2.91. The van der Waals surface area contributed by atoms with Crippen LogP contribution in [0.15, 0.2) is 58.1 Å². The predicted molar refractivity (Wildman–Crippen MR) is 91.6 cm³/mol. The number of esters is 1. The van der Waals surface area contributed by atoms with E-state index in [-0.39, 0.29) is 5.76 Å². The molecule has 5 nitrogen and oxygen atoms in total. The van der Waals surface area contributed by atoms with Crippen LogP contribution in [0.4, 0.5) is 5.69 Å². The lowest BCUT2D eigenvalue weighted by Crippen LogP contribution is -2.25. The highest BCUT2D eigenvalue weighted by atomic mass is 32.2. The maximum atomic E-state index is 12.3. The molecule has 0 unspecified atom stereocenters. The minimum Gasteiger partial charge on any atom is -0.494 e. The van der Waals surface area contributed by atoms with E-state index < -0.39 is 5.97 Å². The minimum absolute atomic E-state index is 0.204. The Morgan fingerprint density at radius 3 is 2.62 bits per heavy atom. The van der Waals surface area contributed by atoms with Crippen LogP contribution < -0.4 is 19.1 Å². The van der Waals surface area contributed by atoms with E-state index in [1.807, 2.05) is 43.1 Å². The number of rotatable bonds is 2. The zero-order valence-electron chi connectivity index (χ0n) is 13.2. The molecule has 6 heteroatoms. The van der Waals surface area contributed by atoms with Gasteiger partial charge in [-0.15, -0.1) is 0 Å².